The van der Waals surface area contributed by atoms with Gasteiger partial charge in [-0.2, -0.15) is 4.68 Å². The van der Waals surface area contributed by atoms with Gasteiger partial charge in [0.25, 0.3) is 5.91 Å². The highest BCUT2D eigenvalue weighted by Crippen LogP contribution is 2.22. The van der Waals surface area contributed by atoms with Gasteiger partial charge in [0.15, 0.2) is 5.82 Å². The molecule has 7 nitrogen and oxygen atoms in total. The van der Waals surface area contributed by atoms with Crippen molar-refractivity contribution in [2.24, 2.45) is 0 Å². The minimum Gasteiger partial charge on any atom is -0.368 e. The van der Waals surface area contributed by atoms with Gasteiger partial charge in [-0.15, -0.1) is 5.10 Å². The van der Waals surface area contributed by atoms with Gasteiger partial charge in [-0.05, 0) is 35.4 Å². The first kappa shape index (κ1) is 13.7. The molecular weight excluding hydrogens is 270 g/mol. The number of benzene rings is 1. The third kappa shape index (κ3) is 2.78. The van der Waals surface area contributed by atoms with Crippen molar-refractivity contribution in [1.29, 1.82) is 0 Å². The number of nitrogens with zero attached hydrogens (tertiary/aromatic N) is 4. The topological polar surface area (TPSA) is 81.9 Å². The van der Waals surface area contributed by atoms with Crippen molar-refractivity contribution in [1.82, 2.24) is 20.2 Å². The van der Waals surface area contributed by atoms with E-state index < -0.39 is 0 Å². The van der Waals surface area contributed by atoms with Crippen LogP contribution in [-0.4, -0.2) is 38.8 Å². The van der Waals surface area contributed by atoms with Crippen molar-refractivity contribution < 1.29 is 9.53 Å². The summed E-state index contributed by atoms with van der Waals surface area (Å²) < 4.78 is 7.05. The Morgan fingerprint density at radius 1 is 1.48 bits per heavy atom. The van der Waals surface area contributed by atoms with Crippen LogP contribution in [0.4, 0.5) is 5.69 Å². The molecule has 1 amide bonds. The Hall–Kier alpha value is -2.28. The van der Waals surface area contributed by atoms with Crippen LogP contribution >= 0.6 is 0 Å². The molecule has 7 heteroatoms. The molecule has 1 N–H and O–H groups in total. The number of para-hydroxylation sites is 2. The largest absolute Gasteiger partial charge is 0.368 e. The fourth-order valence-electron chi connectivity index (χ4n) is 2.38. The Morgan fingerprint density at radius 2 is 2.33 bits per heavy atom. The first-order chi connectivity index (χ1) is 10.3. The number of tetrazole rings is 1. The van der Waals surface area contributed by atoms with E-state index in [1.807, 2.05) is 31.2 Å². The van der Waals surface area contributed by atoms with E-state index in [0.717, 1.165) is 24.4 Å². The summed E-state index contributed by atoms with van der Waals surface area (Å²) >= 11 is 0. The summed E-state index contributed by atoms with van der Waals surface area (Å²) in [5, 5.41) is 14.6. The van der Waals surface area contributed by atoms with E-state index >= 15 is 0 Å². The molecule has 1 aromatic heterocycles. The Labute approximate surface area is 122 Å². The maximum Gasteiger partial charge on any atom is 0.253 e. The molecule has 21 heavy (non-hydrogen) atoms. The predicted molar refractivity (Wildman–Crippen MR) is 76.1 cm³/mol. The molecule has 1 fully saturated rings. The molecule has 0 aliphatic carbocycles. The molecule has 2 heterocycles. The SMILES string of the molecule is CCc1nnnn1-c1ccccc1NC(=O)C1CCCO1. The summed E-state index contributed by atoms with van der Waals surface area (Å²) in [5.74, 6) is 0.625. The summed E-state index contributed by atoms with van der Waals surface area (Å²) in [7, 11) is 0. The highest BCUT2D eigenvalue weighted by molar-refractivity contribution is 5.96. The van der Waals surface area contributed by atoms with Crippen molar-refractivity contribution in [2.45, 2.75) is 32.3 Å². The molecule has 0 radical (unpaired) electrons. The predicted octanol–water partition coefficient (Wildman–Crippen LogP) is 1.34. The van der Waals surface area contributed by atoms with Gasteiger partial charge in [-0.25, -0.2) is 0 Å². The zero-order valence-corrected chi connectivity index (χ0v) is 11.8. The van der Waals surface area contributed by atoms with Crippen LogP contribution in [-0.2, 0) is 16.0 Å². The lowest BCUT2D eigenvalue weighted by Gasteiger charge is -2.14. The minimum absolute atomic E-state index is 0.119. The van der Waals surface area contributed by atoms with Crippen LogP contribution < -0.4 is 5.32 Å². The van der Waals surface area contributed by atoms with Gasteiger partial charge in [0.2, 0.25) is 0 Å². The highest BCUT2D eigenvalue weighted by atomic mass is 16.5. The van der Waals surface area contributed by atoms with Crippen LogP contribution in [0, 0.1) is 0 Å². The van der Waals surface area contributed by atoms with Crippen LogP contribution in [0.3, 0.4) is 0 Å². The molecule has 110 valence electrons. The normalized spacial score (nSPS) is 17.9. The molecule has 0 spiro atoms. The highest BCUT2D eigenvalue weighted by Gasteiger charge is 2.24. The van der Waals surface area contributed by atoms with E-state index in [2.05, 4.69) is 20.8 Å². The van der Waals surface area contributed by atoms with Crippen LogP contribution in [0.15, 0.2) is 24.3 Å². The van der Waals surface area contributed by atoms with Gasteiger partial charge in [-0.3, -0.25) is 4.79 Å². The maximum absolute atomic E-state index is 12.2. The van der Waals surface area contributed by atoms with E-state index in [9.17, 15) is 4.79 Å². The molecule has 1 aliphatic rings. The van der Waals surface area contributed by atoms with Crippen LogP contribution in [0.1, 0.15) is 25.6 Å². The summed E-state index contributed by atoms with van der Waals surface area (Å²) in [6.07, 6.45) is 2.03. The van der Waals surface area contributed by atoms with Gasteiger partial charge in [0.05, 0.1) is 11.4 Å². The number of carbonyl (C=O) groups is 1. The van der Waals surface area contributed by atoms with Crippen molar-refractivity contribution >= 4 is 11.6 Å². The van der Waals surface area contributed by atoms with Gasteiger partial charge in [0.1, 0.15) is 6.10 Å². The number of hydrogen-bond donors (Lipinski definition) is 1. The van der Waals surface area contributed by atoms with Crippen molar-refractivity contribution in [3.05, 3.63) is 30.1 Å². The number of aryl methyl sites for hydroxylation is 1. The molecule has 1 unspecified atom stereocenters. The third-order valence-electron chi connectivity index (χ3n) is 3.46. The number of aromatic nitrogens is 4. The zero-order valence-electron chi connectivity index (χ0n) is 11.8. The van der Waals surface area contributed by atoms with E-state index in [0.29, 0.717) is 18.7 Å². The number of nitrogens with one attached hydrogen (secondary N) is 1. The summed E-state index contributed by atoms with van der Waals surface area (Å²) in [4.78, 5) is 12.2. The molecule has 1 aromatic carbocycles. The van der Waals surface area contributed by atoms with Crippen LogP contribution in [0.5, 0.6) is 0 Å². The van der Waals surface area contributed by atoms with E-state index in [1.54, 1.807) is 4.68 Å². The fraction of sp³-hybridized carbons (Fsp3) is 0.429. The Kier molecular flexibility index (Phi) is 3.92. The minimum atomic E-state index is -0.363. The zero-order chi connectivity index (χ0) is 14.7. The smallest absolute Gasteiger partial charge is 0.253 e. The second-order valence-corrected chi connectivity index (χ2v) is 4.87. The van der Waals surface area contributed by atoms with Crippen LogP contribution in [0.25, 0.3) is 5.69 Å². The lowest BCUT2D eigenvalue weighted by Crippen LogP contribution is -2.27. The van der Waals surface area contributed by atoms with Crippen molar-refractivity contribution in [3.8, 4) is 5.69 Å². The van der Waals surface area contributed by atoms with Crippen molar-refractivity contribution in [2.75, 3.05) is 11.9 Å². The summed E-state index contributed by atoms with van der Waals surface area (Å²) in [5.41, 5.74) is 1.44. The molecule has 1 atom stereocenters. The molecule has 1 saturated heterocycles. The summed E-state index contributed by atoms with van der Waals surface area (Å²) in [6, 6.07) is 7.46. The number of ether oxygens (including phenoxy) is 1. The Morgan fingerprint density at radius 3 is 3.10 bits per heavy atom. The van der Waals surface area contributed by atoms with E-state index in [-0.39, 0.29) is 12.0 Å². The number of rotatable bonds is 4. The van der Waals surface area contributed by atoms with E-state index in [1.165, 1.54) is 0 Å². The van der Waals surface area contributed by atoms with Gasteiger partial charge < -0.3 is 10.1 Å². The average Bonchev–Trinajstić information content (AvgIpc) is 3.19. The van der Waals surface area contributed by atoms with Gasteiger partial charge in [0, 0.05) is 13.0 Å². The molecule has 0 bridgehead atoms. The first-order valence-corrected chi connectivity index (χ1v) is 7.08. The molecule has 1 aliphatic heterocycles. The molecule has 2 aromatic rings. The second-order valence-electron chi connectivity index (χ2n) is 4.87. The lowest BCUT2D eigenvalue weighted by atomic mass is 10.2. The average molecular weight is 287 g/mol. The second kappa shape index (κ2) is 6.01. The summed E-state index contributed by atoms with van der Waals surface area (Å²) in [6.45, 7) is 2.63. The Balaban J connectivity index is 1.87. The van der Waals surface area contributed by atoms with Gasteiger partial charge >= 0.3 is 0 Å². The Bertz CT molecular complexity index is 634. The fourth-order valence-corrected chi connectivity index (χ4v) is 2.38. The molecule has 0 saturated carbocycles. The van der Waals surface area contributed by atoms with Crippen molar-refractivity contribution in [3.63, 3.8) is 0 Å². The molecular formula is C14H17N5O2. The number of hydrogen-bond acceptors (Lipinski definition) is 5. The first-order valence-electron chi connectivity index (χ1n) is 7.08. The number of amides is 1. The third-order valence-corrected chi connectivity index (χ3v) is 3.46. The van der Waals surface area contributed by atoms with Crippen LogP contribution in [0.2, 0.25) is 0 Å². The quantitative estimate of drug-likeness (QED) is 0.917. The maximum atomic E-state index is 12.2. The number of carbonyl (C=O) groups excluding carboxylic acids is 1. The standard InChI is InChI=1S/C14H17N5O2/c1-2-13-16-17-18-19(13)11-7-4-3-6-10(11)15-14(20)12-8-5-9-21-12/h3-4,6-7,12H,2,5,8-9H2,1H3,(H,15,20). The lowest BCUT2D eigenvalue weighted by molar-refractivity contribution is -0.124. The van der Waals surface area contributed by atoms with E-state index in [4.69, 9.17) is 4.74 Å². The monoisotopic (exact) mass is 287 g/mol. The number of anilines is 1. The van der Waals surface area contributed by atoms with Gasteiger partial charge in [-0.1, -0.05) is 19.1 Å². The molecule has 3 rings (SSSR count).